The largest absolute Gasteiger partial charge is 0.300 e. The van der Waals surface area contributed by atoms with Crippen molar-refractivity contribution in [1.82, 2.24) is 14.6 Å². The van der Waals surface area contributed by atoms with E-state index in [1.54, 1.807) is 0 Å². The Kier molecular flexibility index (Phi) is 4.57. The van der Waals surface area contributed by atoms with Gasteiger partial charge in [0.25, 0.3) is 0 Å². The molecule has 1 N–H and O–H groups in total. The summed E-state index contributed by atoms with van der Waals surface area (Å²) in [6.07, 6.45) is 5.10. The molecule has 1 atom stereocenters. The van der Waals surface area contributed by atoms with Crippen LogP contribution in [0.1, 0.15) is 19.3 Å². The van der Waals surface area contributed by atoms with Crippen molar-refractivity contribution in [2.75, 3.05) is 19.6 Å². The number of aromatic nitrogens is 1. The summed E-state index contributed by atoms with van der Waals surface area (Å²) in [6.45, 7) is 2.52. The van der Waals surface area contributed by atoms with E-state index in [0.29, 0.717) is 16.9 Å². The first-order chi connectivity index (χ1) is 9.95. The molecule has 1 aromatic rings. The Morgan fingerprint density at radius 2 is 2.19 bits per heavy atom. The van der Waals surface area contributed by atoms with Crippen molar-refractivity contribution in [3.8, 4) is 0 Å². The molecule has 21 heavy (non-hydrogen) atoms. The molecule has 0 bridgehead atoms. The van der Waals surface area contributed by atoms with E-state index in [0.717, 1.165) is 25.6 Å². The predicted octanol–water partition coefficient (Wildman–Crippen LogP) is 2.26. The van der Waals surface area contributed by atoms with Crippen molar-refractivity contribution < 1.29 is 8.42 Å². The van der Waals surface area contributed by atoms with E-state index < -0.39 is 10.0 Å². The van der Waals surface area contributed by atoms with E-state index >= 15 is 0 Å². The number of hydrogen-bond donors (Lipinski definition) is 1. The van der Waals surface area contributed by atoms with Gasteiger partial charge in [-0.05, 0) is 53.7 Å². The summed E-state index contributed by atoms with van der Waals surface area (Å²) in [7, 11) is -3.62. The first-order valence-corrected chi connectivity index (χ1v) is 9.66. The van der Waals surface area contributed by atoms with Gasteiger partial charge < -0.3 is 4.90 Å². The van der Waals surface area contributed by atoms with Crippen molar-refractivity contribution in [3.63, 3.8) is 0 Å². The SMILES string of the molecule is O=S(=O)(NCC1CCN(C2CC2)C1)c1cc(Br)cnc1Cl. The molecule has 1 saturated carbocycles. The van der Waals surface area contributed by atoms with Crippen LogP contribution in [0, 0.1) is 5.92 Å². The summed E-state index contributed by atoms with van der Waals surface area (Å²) in [6, 6.07) is 2.22. The molecule has 1 aromatic heterocycles. The molecular weight excluding hydrogens is 378 g/mol. The summed E-state index contributed by atoms with van der Waals surface area (Å²) in [5.41, 5.74) is 0. The number of rotatable bonds is 5. The minimum atomic E-state index is -3.62. The number of nitrogens with one attached hydrogen (secondary N) is 1. The molecule has 116 valence electrons. The van der Waals surface area contributed by atoms with Gasteiger partial charge in [-0.1, -0.05) is 11.6 Å². The van der Waals surface area contributed by atoms with E-state index in [2.05, 4.69) is 30.5 Å². The summed E-state index contributed by atoms with van der Waals surface area (Å²) in [4.78, 5) is 6.35. The Bertz CT molecular complexity index is 636. The molecule has 3 rings (SSSR count). The molecule has 1 aliphatic carbocycles. The second kappa shape index (κ2) is 6.12. The van der Waals surface area contributed by atoms with Crippen LogP contribution in [0.5, 0.6) is 0 Å². The maximum atomic E-state index is 12.3. The van der Waals surface area contributed by atoms with Gasteiger partial charge in [-0.25, -0.2) is 18.1 Å². The third-order valence-electron chi connectivity index (χ3n) is 4.01. The summed E-state index contributed by atoms with van der Waals surface area (Å²) >= 11 is 9.11. The molecule has 0 radical (unpaired) electrons. The molecule has 1 unspecified atom stereocenters. The molecule has 1 saturated heterocycles. The van der Waals surface area contributed by atoms with Crippen LogP contribution in [-0.2, 0) is 10.0 Å². The topological polar surface area (TPSA) is 62.3 Å². The molecule has 0 amide bonds. The minimum absolute atomic E-state index is 0.00303. The molecule has 2 fully saturated rings. The smallest absolute Gasteiger partial charge is 0.243 e. The summed E-state index contributed by atoms with van der Waals surface area (Å²) in [5, 5.41) is -0.00303. The zero-order chi connectivity index (χ0) is 15.0. The maximum absolute atomic E-state index is 12.3. The molecule has 8 heteroatoms. The molecular formula is C13H17BrClN3O2S. The van der Waals surface area contributed by atoms with Crippen LogP contribution in [0.4, 0.5) is 0 Å². The Hall–Kier alpha value is -0.210. The average molecular weight is 395 g/mol. The highest BCUT2D eigenvalue weighted by atomic mass is 79.9. The Morgan fingerprint density at radius 3 is 2.90 bits per heavy atom. The molecule has 0 spiro atoms. The lowest BCUT2D eigenvalue weighted by Crippen LogP contribution is -2.31. The average Bonchev–Trinajstić information content (AvgIpc) is 3.18. The van der Waals surface area contributed by atoms with Gasteiger partial charge >= 0.3 is 0 Å². The normalized spacial score (nSPS) is 23.6. The second-order valence-electron chi connectivity index (χ2n) is 5.68. The highest BCUT2D eigenvalue weighted by molar-refractivity contribution is 9.10. The highest BCUT2D eigenvalue weighted by Crippen LogP contribution is 2.31. The molecule has 2 aliphatic rings. The lowest BCUT2D eigenvalue weighted by atomic mass is 10.1. The molecule has 2 heterocycles. The lowest BCUT2D eigenvalue weighted by molar-refractivity contribution is 0.314. The van der Waals surface area contributed by atoms with Crippen molar-refractivity contribution in [2.45, 2.75) is 30.2 Å². The van der Waals surface area contributed by atoms with Gasteiger partial charge in [-0.15, -0.1) is 0 Å². The van der Waals surface area contributed by atoms with Crippen molar-refractivity contribution in [1.29, 1.82) is 0 Å². The summed E-state index contributed by atoms with van der Waals surface area (Å²) < 4.78 is 27.9. The highest BCUT2D eigenvalue weighted by Gasteiger charge is 2.34. The maximum Gasteiger partial charge on any atom is 0.243 e. The number of pyridine rings is 1. The first kappa shape index (κ1) is 15.7. The van der Waals surface area contributed by atoms with Gasteiger partial charge in [0, 0.05) is 29.8 Å². The van der Waals surface area contributed by atoms with Crippen LogP contribution in [-0.4, -0.2) is 44.0 Å². The number of likely N-dealkylation sites (tertiary alicyclic amines) is 1. The fraction of sp³-hybridized carbons (Fsp3) is 0.615. The van der Waals surface area contributed by atoms with E-state index in [9.17, 15) is 8.42 Å². The van der Waals surface area contributed by atoms with Crippen molar-refractivity contribution in [2.24, 2.45) is 5.92 Å². The molecule has 5 nitrogen and oxygen atoms in total. The number of nitrogens with zero attached hydrogens (tertiary/aromatic N) is 2. The third kappa shape index (κ3) is 3.76. The van der Waals surface area contributed by atoms with Crippen LogP contribution < -0.4 is 4.72 Å². The van der Waals surface area contributed by atoms with Gasteiger partial charge in [0.15, 0.2) is 0 Å². The lowest BCUT2D eigenvalue weighted by Gasteiger charge is -2.15. The van der Waals surface area contributed by atoms with Crippen LogP contribution in [0.25, 0.3) is 0 Å². The van der Waals surface area contributed by atoms with E-state index in [-0.39, 0.29) is 10.0 Å². The van der Waals surface area contributed by atoms with Gasteiger partial charge in [0.1, 0.15) is 10.0 Å². The van der Waals surface area contributed by atoms with Crippen molar-refractivity contribution in [3.05, 3.63) is 21.9 Å². The van der Waals surface area contributed by atoms with Gasteiger partial charge in [-0.3, -0.25) is 0 Å². The van der Waals surface area contributed by atoms with Crippen molar-refractivity contribution >= 4 is 37.6 Å². The monoisotopic (exact) mass is 393 g/mol. The van der Waals surface area contributed by atoms with E-state index in [4.69, 9.17) is 11.6 Å². The van der Waals surface area contributed by atoms with Gasteiger partial charge in [-0.2, -0.15) is 0 Å². The van der Waals surface area contributed by atoms with E-state index in [1.165, 1.54) is 25.1 Å². The predicted molar refractivity (Wildman–Crippen MR) is 84.8 cm³/mol. The second-order valence-corrected chi connectivity index (χ2v) is 8.68. The number of halogens is 2. The fourth-order valence-electron chi connectivity index (χ4n) is 2.70. The van der Waals surface area contributed by atoms with Gasteiger partial charge in [0.2, 0.25) is 10.0 Å². The quantitative estimate of drug-likeness (QED) is 0.778. The molecule has 0 aromatic carbocycles. The minimum Gasteiger partial charge on any atom is -0.300 e. The standard InChI is InChI=1S/C13H17BrClN3O2S/c14-10-5-12(13(15)16-7-10)21(19,20)17-6-9-3-4-18(8-9)11-1-2-11/h5,7,9,11,17H,1-4,6,8H2. The Morgan fingerprint density at radius 1 is 1.43 bits per heavy atom. The van der Waals surface area contributed by atoms with Crippen LogP contribution in [0.3, 0.4) is 0 Å². The van der Waals surface area contributed by atoms with Crippen LogP contribution in [0.15, 0.2) is 21.6 Å². The Labute approximate surface area is 138 Å². The zero-order valence-corrected chi connectivity index (χ0v) is 14.6. The van der Waals surface area contributed by atoms with E-state index in [1.807, 2.05) is 0 Å². The summed E-state index contributed by atoms with van der Waals surface area (Å²) in [5.74, 6) is 0.374. The number of sulfonamides is 1. The Balaban J connectivity index is 1.62. The molecule has 1 aliphatic heterocycles. The number of hydrogen-bond acceptors (Lipinski definition) is 4. The van der Waals surface area contributed by atoms with Gasteiger partial charge in [0.05, 0.1) is 0 Å². The zero-order valence-electron chi connectivity index (χ0n) is 11.4. The first-order valence-electron chi connectivity index (χ1n) is 7.00. The fourth-order valence-corrected chi connectivity index (χ4v) is 4.76. The van der Waals surface area contributed by atoms with Crippen LogP contribution >= 0.6 is 27.5 Å². The third-order valence-corrected chi connectivity index (χ3v) is 6.29. The van der Waals surface area contributed by atoms with Crippen LogP contribution in [0.2, 0.25) is 5.15 Å².